The van der Waals surface area contributed by atoms with E-state index >= 15 is 0 Å². The molecule has 0 saturated heterocycles. The standard InChI is InChI=1S/C18H20N2O3S/c1-2-23-15-7-8-16-17(9-15)24-18(20-16)12-3-5-13(6-4-12)19-10-14(22)11-21/h3-9,14,19,21-22H,2,10-11H2,1H3. The van der Waals surface area contributed by atoms with Crippen LogP contribution in [0, 0.1) is 0 Å². The van der Waals surface area contributed by atoms with E-state index < -0.39 is 6.10 Å². The Morgan fingerprint density at radius 1 is 1.21 bits per heavy atom. The number of thiazole rings is 1. The van der Waals surface area contributed by atoms with Crippen molar-refractivity contribution in [2.45, 2.75) is 13.0 Å². The molecule has 0 aliphatic heterocycles. The lowest BCUT2D eigenvalue weighted by Crippen LogP contribution is -2.22. The molecule has 0 bridgehead atoms. The molecule has 0 amide bonds. The average molecular weight is 344 g/mol. The van der Waals surface area contributed by atoms with E-state index in [2.05, 4.69) is 10.3 Å². The van der Waals surface area contributed by atoms with E-state index in [4.69, 9.17) is 9.84 Å². The van der Waals surface area contributed by atoms with Gasteiger partial charge < -0.3 is 20.3 Å². The molecule has 126 valence electrons. The predicted octanol–water partition coefficient (Wildman–Crippen LogP) is 3.13. The number of hydrogen-bond acceptors (Lipinski definition) is 6. The minimum atomic E-state index is -0.756. The maximum Gasteiger partial charge on any atom is 0.124 e. The third-order valence-corrected chi connectivity index (χ3v) is 4.62. The van der Waals surface area contributed by atoms with Crippen LogP contribution < -0.4 is 10.1 Å². The first-order chi connectivity index (χ1) is 11.7. The molecule has 1 aromatic heterocycles. The molecular weight excluding hydrogens is 324 g/mol. The molecule has 24 heavy (non-hydrogen) atoms. The Hall–Kier alpha value is -2.15. The summed E-state index contributed by atoms with van der Waals surface area (Å²) in [4.78, 5) is 4.67. The van der Waals surface area contributed by atoms with Crippen molar-refractivity contribution in [1.82, 2.24) is 4.98 Å². The Balaban J connectivity index is 1.77. The van der Waals surface area contributed by atoms with Crippen molar-refractivity contribution in [2.24, 2.45) is 0 Å². The molecule has 0 aliphatic rings. The first-order valence-electron chi connectivity index (χ1n) is 7.86. The summed E-state index contributed by atoms with van der Waals surface area (Å²) in [6, 6.07) is 13.8. The van der Waals surface area contributed by atoms with Crippen molar-refractivity contribution in [1.29, 1.82) is 0 Å². The number of aromatic nitrogens is 1. The Morgan fingerprint density at radius 3 is 2.71 bits per heavy atom. The Morgan fingerprint density at radius 2 is 2.00 bits per heavy atom. The lowest BCUT2D eigenvalue weighted by Gasteiger charge is -2.10. The van der Waals surface area contributed by atoms with Gasteiger partial charge in [0.15, 0.2) is 0 Å². The van der Waals surface area contributed by atoms with Gasteiger partial charge in [0, 0.05) is 17.8 Å². The van der Waals surface area contributed by atoms with Gasteiger partial charge >= 0.3 is 0 Å². The molecule has 3 aromatic rings. The van der Waals surface area contributed by atoms with Crippen LogP contribution in [0.4, 0.5) is 5.69 Å². The summed E-state index contributed by atoms with van der Waals surface area (Å²) in [6.45, 7) is 2.69. The minimum Gasteiger partial charge on any atom is -0.494 e. The molecule has 0 aliphatic carbocycles. The van der Waals surface area contributed by atoms with E-state index in [1.165, 1.54) is 0 Å². The maximum atomic E-state index is 9.36. The number of aliphatic hydroxyl groups excluding tert-OH is 2. The van der Waals surface area contributed by atoms with Crippen molar-refractivity contribution in [3.05, 3.63) is 42.5 Å². The van der Waals surface area contributed by atoms with Gasteiger partial charge in [-0.3, -0.25) is 0 Å². The molecule has 1 atom stereocenters. The number of nitrogens with one attached hydrogen (secondary N) is 1. The predicted molar refractivity (Wildman–Crippen MR) is 97.8 cm³/mol. The highest BCUT2D eigenvalue weighted by molar-refractivity contribution is 7.21. The average Bonchev–Trinajstić information content (AvgIpc) is 3.03. The van der Waals surface area contributed by atoms with E-state index in [1.54, 1.807) is 11.3 Å². The van der Waals surface area contributed by atoms with Gasteiger partial charge in [0.05, 0.1) is 29.5 Å². The lowest BCUT2D eigenvalue weighted by atomic mass is 10.2. The van der Waals surface area contributed by atoms with Crippen molar-refractivity contribution in [3.63, 3.8) is 0 Å². The molecule has 0 radical (unpaired) electrons. The summed E-state index contributed by atoms with van der Waals surface area (Å²) >= 11 is 1.63. The van der Waals surface area contributed by atoms with Crippen LogP contribution in [0.1, 0.15) is 6.92 Å². The monoisotopic (exact) mass is 344 g/mol. The molecule has 1 heterocycles. The van der Waals surface area contributed by atoms with Gasteiger partial charge in [-0.25, -0.2) is 4.98 Å². The van der Waals surface area contributed by atoms with Crippen LogP contribution in [-0.4, -0.2) is 41.1 Å². The molecule has 5 nitrogen and oxygen atoms in total. The largest absolute Gasteiger partial charge is 0.494 e. The number of fused-ring (bicyclic) bond motifs is 1. The van der Waals surface area contributed by atoms with Crippen molar-refractivity contribution in [3.8, 4) is 16.3 Å². The van der Waals surface area contributed by atoms with Gasteiger partial charge in [-0.2, -0.15) is 0 Å². The summed E-state index contributed by atoms with van der Waals surface area (Å²) in [5.74, 6) is 0.863. The minimum absolute atomic E-state index is 0.249. The van der Waals surface area contributed by atoms with Crippen LogP contribution in [0.3, 0.4) is 0 Å². The summed E-state index contributed by atoms with van der Waals surface area (Å²) in [6.07, 6.45) is -0.756. The van der Waals surface area contributed by atoms with Gasteiger partial charge in [-0.05, 0) is 49.4 Å². The van der Waals surface area contributed by atoms with E-state index in [0.717, 1.165) is 32.2 Å². The zero-order chi connectivity index (χ0) is 16.9. The first kappa shape index (κ1) is 16.7. The van der Waals surface area contributed by atoms with E-state index in [9.17, 15) is 5.11 Å². The van der Waals surface area contributed by atoms with Crippen LogP contribution in [0.25, 0.3) is 20.8 Å². The molecule has 0 saturated carbocycles. The van der Waals surface area contributed by atoms with E-state index in [-0.39, 0.29) is 6.61 Å². The fraction of sp³-hybridized carbons (Fsp3) is 0.278. The first-order valence-corrected chi connectivity index (χ1v) is 8.68. The van der Waals surface area contributed by atoms with Crippen LogP contribution in [0.15, 0.2) is 42.5 Å². The molecule has 0 fully saturated rings. The van der Waals surface area contributed by atoms with Gasteiger partial charge in [-0.1, -0.05) is 0 Å². The van der Waals surface area contributed by atoms with Crippen molar-refractivity contribution in [2.75, 3.05) is 25.1 Å². The number of hydrogen-bond donors (Lipinski definition) is 3. The fourth-order valence-electron chi connectivity index (χ4n) is 2.32. The molecule has 3 rings (SSSR count). The molecule has 1 unspecified atom stereocenters. The van der Waals surface area contributed by atoms with Crippen LogP contribution in [0.5, 0.6) is 5.75 Å². The quantitative estimate of drug-likeness (QED) is 0.614. The molecule has 2 aromatic carbocycles. The Bertz CT molecular complexity index is 802. The molecule has 6 heteroatoms. The van der Waals surface area contributed by atoms with Crippen LogP contribution >= 0.6 is 11.3 Å². The van der Waals surface area contributed by atoms with Gasteiger partial charge in [0.1, 0.15) is 10.8 Å². The number of anilines is 1. The Kier molecular flexibility index (Phi) is 5.30. The van der Waals surface area contributed by atoms with E-state index in [0.29, 0.717) is 13.2 Å². The van der Waals surface area contributed by atoms with Crippen molar-refractivity contribution >= 4 is 27.2 Å². The number of ether oxygens (including phenoxy) is 1. The van der Waals surface area contributed by atoms with E-state index in [1.807, 2.05) is 49.4 Å². The van der Waals surface area contributed by atoms with Crippen molar-refractivity contribution < 1.29 is 14.9 Å². The second-order valence-corrected chi connectivity index (χ2v) is 6.41. The summed E-state index contributed by atoms with van der Waals surface area (Å²) < 4.78 is 6.63. The molecule has 0 spiro atoms. The van der Waals surface area contributed by atoms with Crippen LogP contribution in [-0.2, 0) is 0 Å². The number of aliphatic hydroxyl groups is 2. The summed E-state index contributed by atoms with van der Waals surface area (Å²) in [7, 11) is 0. The zero-order valence-corrected chi connectivity index (χ0v) is 14.2. The molecule has 3 N–H and O–H groups in total. The van der Waals surface area contributed by atoms with Gasteiger partial charge in [-0.15, -0.1) is 11.3 Å². The second kappa shape index (κ2) is 7.61. The van der Waals surface area contributed by atoms with Gasteiger partial charge in [0.2, 0.25) is 0 Å². The normalized spacial score (nSPS) is 12.3. The van der Waals surface area contributed by atoms with Crippen LogP contribution in [0.2, 0.25) is 0 Å². The molecular formula is C18H20N2O3S. The highest BCUT2D eigenvalue weighted by Gasteiger charge is 2.08. The maximum absolute atomic E-state index is 9.36. The second-order valence-electron chi connectivity index (χ2n) is 5.38. The smallest absolute Gasteiger partial charge is 0.124 e. The SMILES string of the molecule is CCOc1ccc2nc(-c3ccc(NCC(O)CO)cc3)sc2c1. The number of nitrogens with zero attached hydrogens (tertiary/aromatic N) is 1. The highest BCUT2D eigenvalue weighted by atomic mass is 32.1. The van der Waals surface area contributed by atoms with Gasteiger partial charge in [0.25, 0.3) is 0 Å². The lowest BCUT2D eigenvalue weighted by molar-refractivity contribution is 0.105. The fourth-order valence-corrected chi connectivity index (χ4v) is 3.32. The number of rotatable bonds is 7. The summed E-state index contributed by atoms with van der Waals surface area (Å²) in [5, 5.41) is 22.2. The third kappa shape index (κ3) is 3.84. The zero-order valence-electron chi connectivity index (χ0n) is 13.4. The topological polar surface area (TPSA) is 74.6 Å². The summed E-state index contributed by atoms with van der Waals surface area (Å²) in [5.41, 5.74) is 2.90. The third-order valence-electron chi connectivity index (χ3n) is 3.56. The number of benzene rings is 2. The highest BCUT2D eigenvalue weighted by Crippen LogP contribution is 2.32. The Labute approximate surface area is 144 Å².